The van der Waals surface area contributed by atoms with Gasteiger partial charge in [-0.05, 0) is 74.8 Å². The van der Waals surface area contributed by atoms with Crippen molar-refractivity contribution in [3.8, 4) is 0 Å². The second-order valence-corrected chi connectivity index (χ2v) is 10.2. The zero-order valence-electron chi connectivity index (χ0n) is 17.7. The third kappa shape index (κ3) is 4.28. The molecule has 1 heterocycles. The van der Waals surface area contributed by atoms with E-state index < -0.39 is 0 Å². The van der Waals surface area contributed by atoms with Crippen molar-refractivity contribution in [3.05, 3.63) is 30.3 Å². The van der Waals surface area contributed by atoms with Crippen LogP contribution in [0.2, 0.25) is 0 Å². The maximum Gasteiger partial charge on any atom is 0.315 e. The van der Waals surface area contributed by atoms with Gasteiger partial charge in [-0.1, -0.05) is 18.2 Å². The van der Waals surface area contributed by atoms with Gasteiger partial charge in [-0.15, -0.1) is 0 Å². The number of carbonyl (C=O) groups is 2. The fourth-order valence-corrected chi connectivity index (χ4v) is 6.86. The van der Waals surface area contributed by atoms with Gasteiger partial charge in [-0.3, -0.25) is 4.79 Å². The summed E-state index contributed by atoms with van der Waals surface area (Å²) in [4.78, 5) is 27.0. The van der Waals surface area contributed by atoms with Crippen molar-refractivity contribution >= 4 is 17.6 Å². The molecule has 1 aliphatic heterocycles. The maximum absolute atomic E-state index is 12.6. The Hall–Kier alpha value is -2.24. The van der Waals surface area contributed by atoms with Crippen LogP contribution in [0.4, 0.5) is 10.5 Å². The molecule has 3 N–H and O–H groups in total. The smallest absolute Gasteiger partial charge is 0.315 e. The quantitative estimate of drug-likeness (QED) is 0.673. The van der Waals surface area contributed by atoms with Crippen LogP contribution in [0.15, 0.2) is 30.3 Å². The monoisotopic (exact) mass is 410 g/mol. The summed E-state index contributed by atoms with van der Waals surface area (Å²) in [5.41, 5.74) is 1.12. The molecule has 4 aliphatic carbocycles. The lowest BCUT2D eigenvalue weighted by Crippen LogP contribution is -2.61. The Bertz CT molecular complexity index is 745. The normalized spacial score (nSPS) is 34.1. The first-order valence-corrected chi connectivity index (χ1v) is 11.7. The molecule has 0 aromatic heterocycles. The second kappa shape index (κ2) is 8.12. The molecule has 162 valence electrons. The zero-order valence-corrected chi connectivity index (χ0v) is 17.7. The number of benzene rings is 1. The van der Waals surface area contributed by atoms with E-state index in [4.69, 9.17) is 0 Å². The molecule has 5 aliphatic rings. The number of likely N-dealkylation sites (tertiary alicyclic amines) is 1. The molecule has 4 saturated carbocycles. The average molecular weight is 411 g/mol. The highest BCUT2D eigenvalue weighted by Crippen LogP contribution is 2.55. The first kappa shape index (κ1) is 19.7. The van der Waals surface area contributed by atoms with Gasteiger partial charge in [0.15, 0.2) is 0 Å². The van der Waals surface area contributed by atoms with Crippen molar-refractivity contribution in [2.45, 2.75) is 62.9 Å². The lowest BCUT2D eigenvalue weighted by Gasteiger charge is -2.56. The van der Waals surface area contributed by atoms with Gasteiger partial charge < -0.3 is 20.9 Å². The Balaban J connectivity index is 1.03. The number of hydrogen-bond donors (Lipinski definition) is 3. The number of nitrogens with one attached hydrogen (secondary N) is 3. The van der Waals surface area contributed by atoms with Gasteiger partial charge >= 0.3 is 6.03 Å². The van der Waals surface area contributed by atoms with E-state index in [-0.39, 0.29) is 17.5 Å². The van der Waals surface area contributed by atoms with Gasteiger partial charge in [-0.2, -0.15) is 0 Å². The lowest BCUT2D eigenvalue weighted by atomic mass is 9.53. The van der Waals surface area contributed by atoms with Gasteiger partial charge in [0.2, 0.25) is 5.91 Å². The van der Waals surface area contributed by atoms with Gasteiger partial charge in [-0.25, -0.2) is 4.79 Å². The Morgan fingerprint density at radius 1 is 1.00 bits per heavy atom. The molecule has 0 radical (unpaired) electrons. The molecule has 0 spiro atoms. The summed E-state index contributed by atoms with van der Waals surface area (Å²) in [5.74, 6) is 2.56. The minimum Gasteiger partial charge on any atom is -0.380 e. The van der Waals surface area contributed by atoms with E-state index in [0.29, 0.717) is 19.0 Å². The van der Waals surface area contributed by atoms with Crippen LogP contribution in [-0.4, -0.2) is 48.1 Å². The fraction of sp³-hybridized carbons (Fsp3) is 0.667. The molecule has 3 amide bonds. The minimum atomic E-state index is -0.0882. The number of anilines is 1. The second-order valence-electron chi connectivity index (χ2n) is 10.2. The molecule has 6 heteroatoms. The van der Waals surface area contributed by atoms with E-state index in [1.165, 1.54) is 19.3 Å². The molecular weight excluding hydrogens is 376 g/mol. The van der Waals surface area contributed by atoms with Crippen LogP contribution in [0.25, 0.3) is 0 Å². The maximum atomic E-state index is 12.6. The highest BCUT2D eigenvalue weighted by atomic mass is 16.2. The van der Waals surface area contributed by atoms with E-state index in [0.717, 1.165) is 62.2 Å². The van der Waals surface area contributed by atoms with Crippen molar-refractivity contribution in [2.24, 2.45) is 17.8 Å². The summed E-state index contributed by atoms with van der Waals surface area (Å²) in [6, 6.07) is 10.3. The molecule has 1 aromatic carbocycles. The summed E-state index contributed by atoms with van der Waals surface area (Å²) in [6.07, 6.45) is 8.87. The molecule has 1 atom stereocenters. The van der Waals surface area contributed by atoms with Crippen LogP contribution in [0.5, 0.6) is 0 Å². The number of nitrogens with zero attached hydrogens (tertiary/aromatic N) is 1. The SMILES string of the molecule is O=C(NCCC(=O)N1CCC(Nc2ccccc2)C1)NC12CC3CC(CC(C3)C1)C2. The van der Waals surface area contributed by atoms with E-state index in [2.05, 4.69) is 28.1 Å². The third-order valence-corrected chi connectivity index (χ3v) is 7.73. The molecule has 6 rings (SSSR count). The van der Waals surface area contributed by atoms with Gasteiger partial charge in [0, 0.05) is 43.3 Å². The Labute approximate surface area is 179 Å². The molecular formula is C24H34N4O2. The van der Waals surface area contributed by atoms with Crippen molar-refractivity contribution in [1.29, 1.82) is 0 Å². The van der Waals surface area contributed by atoms with E-state index in [1.807, 2.05) is 23.1 Å². The number of hydrogen-bond acceptors (Lipinski definition) is 3. The summed E-state index contributed by atoms with van der Waals surface area (Å²) in [6.45, 7) is 1.92. The van der Waals surface area contributed by atoms with E-state index in [1.54, 1.807) is 0 Å². The van der Waals surface area contributed by atoms with Crippen molar-refractivity contribution < 1.29 is 9.59 Å². The minimum absolute atomic E-state index is 0.0219. The first-order valence-electron chi connectivity index (χ1n) is 11.7. The standard InChI is InChI=1S/C24H34N4O2/c29-22(28-9-7-21(16-28)26-20-4-2-1-3-5-20)6-8-25-23(30)27-24-13-17-10-18(14-24)12-19(11-17)15-24/h1-5,17-19,21,26H,6-16H2,(H2,25,27,30). The molecule has 4 bridgehead atoms. The largest absolute Gasteiger partial charge is 0.380 e. The summed E-state index contributed by atoms with van der Waals surface area (Å²) >= 11 is 0. The molecule has 1 unspecified atom stereocenters. The Morgan fingerprint density at radius 2 is 1.67 bits per heavy atom. The lowest BCUT2D eigenvalue weighted by molar-refractivity contribution is -0.130. The van der Waals surface area contributed by atoms with Gasteiger partial charge in [0.25, 0.3) is 0 Å². The number of rotatable bonds is 6. The van der Waals surface area contributed by atoms with Crippen LogP contribution >= 0.6 is 0 Å². The highest BCUT2D eigenvalue weighted by molar-refractivity contribution is 5.79. The van der Waals surface area contributed by atoms with Crippen molar-refractivity contribution in [2.75, 3.05) is 25.0 Å². The summed E-state index contributed by atoms with van der Waals surface area (Å²) < 4.78 is 0. The van der Waals surface area contributed by atoms with Crippen molar-refractivity contribution in [1.82, 2.24) is 15.5 Å². The van der Waals surface area contributed by atoms with Crippen LogP contribution in [0, 0.1) is 17.8 Å². The Kier molecular flexibility index (Phi) is 5.34. The predicted molar refractivity (Wildman–Crippen MR) is 117 cm³/mol. The van der Waals surface area contributed by atoms with Crippen LogP contribution in [0.3, 0.4) is 0 Å². The van der Waals surface area contributed by atoms with Crippen LogP contribution < -0.4 is 16.0 Å². The Morgan fingerprint density at radius 3 is 2.33 bits per heavy atom. The number of para-hydroxylation sites is 1. The van der Waals surface area contributed by atoms with E-state index in [9.17, 15) is 9.59 Å². The summed E-state index contributed by atoms with van der Waals surface area (Å²) in [7, 11) is 0. The third-order valence-electron chi connectivity index (χ3n) is 7.73. The van der Waals surface area contributed by atoms with Gasteiger partial charge in [0.05, 0.1) is 0 Å². The van der Waals surface area contributed by atoms with Crippen LogP contribution in [0.1, 0.15) is 51.4 Å². The van der Waals surface area contributed by atoms with Crippen LogP contribution in [-0.2, 0) is 4.79 Å². The number of amides is 3. The molecule has 1 aromatic rings. The first-order chi connectivity index (χ1) is 14.6. The van der Waals surface area contributed by atoms with E-state index >= 15 is 0 Å². The van der Waals surface area contributed by atoms with Crippen molar-refractivity contribution in [3.63, 3.8) is 0 Å². The predicted octanol–water partition coefficient (Wildman–Crippen LogP) is 3.36. The highest BCUT2D eigenvalue weighted by Gasteiger charge is 2.51. The number of urea groups is 1. The molecule has 1 saturated heterocycles. The summed E-state index contributed by atoms with van der Waals surface area (Å²) in [5, 5.41) is 9.77. The zero-order chi connectivity index (χ0) is 20.6. The molecule has 6 nitrogen and oxygen atoms in total. The topological polar surface area (TPSA) is 73.5 Å². The average Bonchev–Trinajstić information content (AvgIpc) is 3.16. The fourth-order valence-electron chi connectivity index (χ4n) is 6.86. The molecule has 5 fully saturated rings. The number of carbonyl (C=O) groups excluding carboxylic acids is 2. The van der Waals surface area contributed by atoms with Gasteiger partial charge in [0.1, 0.15) is 0 Å². The molecule has 30 heavy (non-hydrogen) atoms.